The second-order valence-corrected chi connectivity index (χ2v) is 18.7. The molecule has 71 heavy (non-hydrogen) atoms. The molecule has 0 aliphatic carbocycles. The average molecular weight is 1090 g/mol. The number of aromatic nitrogens is 5. The molecule has 0 saturated carbocycles. The largest absolute Gasteiger partial charge is 3.00 e. The zero-order valence-electron chi connectivity index (χ0n) is 40.2. The van der Waals surface area contributed by atoms with Crippen molar-refractivity contribution in [3.8, 4) is 55.8 Å². The Kier molecular flexibility index (Phi) is 12.4. The quantitative estimate of drug-likeness (QED) is 0.121. The molecule has 12 rings (SSSR count). The Bertz CT molecular complexity index is 3770. The molecule has 5 aromatic heterocycles. The summed E-state index contributed by atoms with van der Waals surface area (Å²) in [7, 11) is 0. The van der Waals surface area contributed by atoms with Gasteiger partial charge in [0.05, 0.1) is 11.3 Å². The summed E-state index contributed by atoms with van der Waals surface area (Å²) in [6.07, 6.45) is 9.89. The number of aryl methyl sites for hydroxylation is 8. The van der Waals surface area contributed by atoms with Crippen LogP contribution < -0.4 is 0 Å². The maximum atomic E-state index is 5.05. The molecular formula is C65H50IrN5. The molecular weight excluding hydrogens is 1040 g/mol. The predicted molar refractivity (Wildman–Crippen MR) is 287 cm³/mol. The first-order valence-corrected chi connectivity index (χ1v) is 24.2. The standard InChI is InChI=1S/C65H50N5.Ir/c1-42-44(3)69-33-31-54-36-46(21-28-61(54)64(69)67-42)17-19-48-35-49(20-18-47-22-29-62-55(37-47)32-34-70-45(4)43(2)68-65(62)70)39-58(38-48)60-16-9-8-15-59(60)57-27-30-63(66-41-57)56-14-10-13-53(40-56)52-25-23-51(24-26-52)50-11-6-5-7-12-50;/h5-13,15-16,21-27,30-41H,17-20H2,1-4H3;/q-3;+3. The third-order valence-electron chi connectivity index (χ3n) is 14.3. The minimum Gasteiger partial charge on any atom is -0.344 e. The van der Waals surface area contributed by atoms with Crippen LogP contribution in [-0.2, 0) is 45.8 Å². The van der Waals surface area contributed by atoms with Gasteiger partial charge in [0, 0.05) is 29.0 Å². The summed E-state index contributed by atoms with van der Waals surface area (Å²) in [5.41, 5.74) is 22.7. The van der Waals surface area contributed by atoms with E-state index in [1.54, 1.807) is 0 Å². The van der Waals surface area contributed by atoms with Gasteiger partial charge in [0.25, 0.3) is 0 Å². The Morgan fingerprint density at radius 1 is 0.437 bits per heavy atom. The average Bonchev–Trinajstić information content (AvgIpc) is 3.88. The molecule has 6 heteroatoms. The van der Waals surface area contributed by atoms with E-state index in [0.717, 1.165) is 92.6 Å². The molecule has 0 fully saturated rings. The van der Waals surface area contributed by atoms with E-state index in [0.29, 0.717) is 0 Å². The van der Waals surface area contributed by atoms with E-state index in [9.17, 15) is 0 Å². The van der Waals surface area contributed by atoms with E-state index in [-0.39, 0.29) is 20.1 Å². The predicted octanol–water partition coefficient (Wildman–Crippen LogP) is 15.2. The maximum absolute atomic E-state index is 5.05. The zero-order valence-corrected chi connectivity index (χ0v) is 42.6. The first-order valence-electron chi connectivity index (χ1n) is 24.2. The molecule has 0 N–H and O–H groups in total. The fraction of sp³-hybridized carbons (Fsp3) is 0.123. The monoisotopic (exact) mass is 1090 g/mol. The number of rotatable bonds is 11. The second kappa shape index (κ2) is 19.2. The van der Waals surface area contributed by atoms with Gasteiger partial charge >= 0.3 is 20.1 Å². The molecule has 344 valence electrons. The number of benzene rings is 7. The van der Waals surface area contributed by atoms with Gasteiger partial charge < -0.3 is 13.8 Å². The van der Waals surface area contributed by atoms with Crippen LogP contribution in [0.25, 0.3) is 88.6 Å². The summed E-state index contributed by atoms with van der Waals surface area (Å²) in [5, 5.41) is 4.47. The zero-order chi connectivity index (χ0) is 47.3. The van der Waals surface area contributed by atoms with Crippen molar-refractivity contribution >= 4 is 32.8 Å². The second-order valence-electron chi connectivity index (χ2n) is 18.7. The van der Waals surface area contributed by atoms with Crippen LogP contribution in [0.15, 0.2) is 182 Å². The minimum absolute atomic E-state index is 0. The number of nitrogens with zero attached hydrogens (tertiary/aromatic N) is 5. The molecule has 5 heterocycles. The van der Waals surface area contributed by atoms with Gasteiger partial charge in [0.15, 0.2) is 0 Å². The summed E-state index contributed by atoms with van der Waals surface area (Å²) < 4.78 is 4.34. The fourth-order valence-electron chi connectivity index (χ4n) is 10.1. The molecule has 5 nitrogen and oxygen atoms in total. The third kappa shape index (κ3) is 8.91. The van der Waals surface area contributed by atoms with Crippen molar-refractivity contribution in [2.24, 2.45) is 0 Å². The Labute approximate surface area is 428 Å². The van der Waals surface area contributed by atoms with Crippen LogP contribution in [0.4, 0.5) is 0 Å². The first kappa shape index (κ1) is 45.7. The van der Waals surface area contributed by atoms with Crippen molar-refractivity contribution in [2.45, 2.75) is 53.4 Å². The summed E-state index contributed by atoms with van der Waals surface area (Å²) >= 11 is 0. The Morgan fingerprint density at radius 2 is 0.944 bits per heavy atom. The van der Waals surface area contributed by atoms with Gasteiger partial charge in [-0.3, -0.25) is 9.97 Å². The fourth-order valence-corrected chi connectivity index (χ4v) is 10.1. The molecule has 0 saturated heterocycles. The van der Waals surface area contributed by atoms with Crippen LogP contribution in [0.3, 0.4) is 0 Å². The molecule has 0 radical (unpaired) electrons. The Morgan fingerprint density at radius 3 is 1.51 bits per heavy atom. The van der Waals surface area contributed by atoms with Crippen molar-refractivity contribution in [3.05, 3.63) is 246 Å². The number of hydrogen-bond donors (Lipinski definition) is 0. The molecule has 0 spiro atoms. The van der Waals surface area contributed by atoms with E-state index in [1.807, 2.05) is 12.3 Å². The van der Waals surface area contributed by atoms with Gasteiger partial charge in [0.2, 0.25) is 0 Å². The molecule has 0 bridgehead atoms. The van der Waals surface area contributed by atoms with Crippen molar-refractivity contribution in [1.82, 2.24) is 23.8 Å². The number of hydrogen-bond acceptors (Lipinski definition) is 3. The summed E-state index contributed by atoms with van der Waals surface area (Å²) in [4.78, 5) is 14.8. The van der Waals surface area contributed by atoms with E-state index in [4.69, 9.17) is 15.0 Å². The van der Waals surface area contributed by atoms with Gasteiger partial charge in [-0.2, -0.15) is 0 Å². The molecule has 0 unspecified atom stereocenters. The van der Waals surface area contributed by atoms with Crippen molar-refractivity contribution in [3.63, 3.8) is 0 Å². The van der Waals surface area contributed by atoms with E-state index < -0.39 is 0 Å². The molecule has 0 aliphatic heterocycles. The van der Waals surface area contributed by atoms with Crippen LogP contribution in [0.5, 0.6) is 0 Å². The molecule has 0 amide bonds. The van der Waals surface area contributed by atoms with Crippen LogP contribution in [-0.4, -0.2) is 23.8 Å². The third-order valence-corrected chi connectivity index (χ3v) is 14.3. The van der Waals surface area contributed by atoms with Crippen LogP contribution >= 0.6 is 0 Å². The summed E-state index contributed by atoms with van der Waals surface area (Å²) in [6.45, 7) is 8.39. The van der Waals surface area contributed by atoms with Crippen molar-refractivity contribution in [2.75, 3.05) is 0 Å². The minimum atomic E-state index is 0. The normalized spacial score (nSPS) is 11.5. The van der Waals surface area contributed by atoms with E-state index in [2.05, 4.69) is 225 Å². The first-order chi connectivity index (χ1) is 34.3. The molecule has 0 atom stereocenters. The van der Waals surface area contributed by atoms with E-state index >= 15 is 0 Å². The maximum Gasteiger partial charge on any atom is 3.00 e. The van der Waals surface area contributed by atoms with Crippen LogP contribution in [0, 0.1) is 45.9 Å². The topological polar surface area (TPSA) is 47.5 Å². The Balaban J connectivity index is 0.00000547. The molecule has 12 aromatic rings. The van der Waals surface area contributed by atoms with Gasteiger partial charge in [-0.05, 0) is 109 Å². The van der Waals surface area contributed by atoms with Gasteiger partial charge in [-0.1, -0.05) is 134 Å². The van der Waals surface area contributed by atoms with Gasteiger partial charge in [-0.15, -0.1) is 104 Å². The van der Waals surface area contributed by atoms with Gasteiger partial charge in [0.1, 0.15) is 0 Å². The van der Waals surface area contributed by atoms with Gasteiger partial charge in [-0.25, -0.2) is 0 Å². The van der Waals surface area contributed by atoms with Crippen LogP contribution in [0.1, 0.15) is 45.0 Å². The summed E-state index contributed by atoms with van der Waals surface area (Å²) in [6, 6.07) is 69.9. The number of fused-ring (bicyclic) bond motifs is 6. The Hall–Kier alpha value is -7.76. The molecule has 7 aromatic carbocycles. The number of imidazole rings is 2. The van der Waals surface area contributed by atoms with Crippen molar-refractivity contribution < 1.29 is 20.1 Å². The SMILES string of the molecule is Cc1nc2c3[c-]cc(CCc4cc(CCc5c[c-]c6c(ccn7c(C)c(C)nc67)c5)cc(-c5ccccc5-c5ccc(-c6[c-]ccc(-c7ccc(-c8ccccc8)cc7)c6)nc5)c4)cc3ccn2c1C.[Ir+3]. The van der Waals surface area contributed by atoms with E-state index in [1.165, 1.54) is 66.7 Å². The molecule has 0 aliphatic rings. The summed E-state index contributed by atoms with van der Waals surface area (Å²) in [5.74, 6) is 0. The van der Waals surface area contributed by atoms with Crippen molar-refractivity contribution in [1.29, 1.82) is 0 Å². The van der Waals surface area contributed by atoms with Crippen LogP contribution in [0.2, 0.25) is 0 Å². The number of pyridine rings is 3. The smallest absolute Gasteiger partial charge is 0.344 e.